The Morgan fingerprint density at radius 1 is 1.21 bits per heavy atom. The Labute approximate surface area is 107 Å². The number of rotatable bonds is 0. The van der Waals surface area contributed by atoms with Crippen molar-refractivity contribution in [1.29, 1.82) is 0 Å². The zero-order valence-corrected chi connectivity index (χ0v) is 10.0. The fraction of sp³-hybridized carbons (Fsp3) is 0.462. The highest BCUT2D eigenvalue weighted by Crippen LogP contribution is 2.43. The Kier molecular flexibility index (Phi) is 2.52. The first kappa shape index (κ1) is 12.3. The van der Waals surface area contributed by atoms with Crippen molar-refractivity contribution in [3.8, 4) is 5.75 Å². The molecule has 0 unspecified atom stereocenters. The first-order valence-electron chi connectivity index (χ1n) is 6.12. The van der Waals surface area contributed by atoms with Crippen LogP contribution in [0, 0.1) is 0 Å². The zero-order valence-electron chi connectivity index (χ0n) is 10.0. The van der Waals surface area contributed by atoms with Crippen LogP contribution in [-0.2, 0) is 11.0 Å². The molecule has 1 aromatic carbocycles. The molecule has 1 aromatic rings. The molecule has 0 atom stereocenters. The molecule has 1 N–H and O–H groups in total. The van der Waals surface area contributed by atoms with Crippen molar-refractivity contribution in [3.05, 3.63) is 23.8 Å². The van der Waals surface area contributed by atoms with Gasteiger partial charge >= 0.3 is 6.18 Å². The van der Waals surface area contributed by atoms with E-state index in [0.717, 1.165) is 25.0 Å². The summed E-state index contributed by atoms with van der Waals surface area (Å²) in [6, 6.07) is 3.16. The first-order valence-corrected chi connectivity index (χ1v) is 6.12. The van der Waals surface area contributed by atoms with Crippen LogP contribution >= 0.6 is 0 Å². The predicted molar refractivity (Wildman–Crippen MR) is 61.9 cm³/mol. The quantitative estimate of drug-likeness (QED) is 0.785. The number of hydrogen-bond donors (Lipinski definition) is 1. The summed E-state index contributed by atoms with van der Waals surface area (Å²) in [6.45, 7) is 0. The summed E-state index contributed by atoms with van der Waals surface area (Å²) in [5, 5.41) is 2.54. The van der Waals surface area contributed by atoms with Gasteiger partial charge < -0.3 is 10.1 Å². The number of amides is 1. The number of carbonyl (C=O) groups excluding carboxylic acids is 1. The van der Waals surface area contributed by atoms with Crippen molar-refractivity contribution >= 4 is 11.6 Å². The second-order valence-corrected chi connectivity index (χ2v) is 4.97. The highest BCUT2D eigenvalue weighted by molar-refractivity contribution is 6.01. The summed E-state index contributed by atoms with van der Waals surface area (Å²) < 4.78 is 43.5. The lowest BCUT2D eigenvalue weighted by molar-refractivity contribution is -0.138. The summed E-state index contributed by atoms with van der Waals surface area (Å²) in [4.78, 5) is 12.0. The molecule has 1 spiro atoms. The van der Waals surface area contributed by atoms with Gasteiger partial charge in [-0.2, -0.15) is 13.2 Å². The Bertz CT molecular complexity index is 533. The number of halogens is 3. The topological polar surface area (TPSA) is 38.3 Å². The van der Waals surface area contributed by atoms with Gasteiger partial charge in [-0.1, -0.05) is 0 Å². The molecular formula is C13H12F3NO2. The molecule has 1 heterocycles. The molecule has 6 heteroatoms. The molecule has 102 valence electrons. The van der Waals surface area contributed by atoms with Crippen molar-refractivity contribution in [1.82, 2.24) is 0 Å². The third-order valence-electron chi connectivity index (χ3n) is 3.69. The predicted octanol–water partition coefficient (Wildman–Crippen LogP) is 3.35. The van der Waals surface area contributed by atoms with Gasteiger partial charge in [0.25, 0.3) is 5.91 Å². The number of anilines is 1. The Morgan fingerprint density at radius 3 is 2.53 bits per heavy atom. The van der Waals surface area contributed by atoms with E-state index in [9.17, 15) is 18.0 Å². The SMILES string of the molecule is O=C1Nc2cc(C(F)(F)F)ccc2OC12CCCC2. The minimum absolute atomic E-state index is 0.0948. The van der Waals surface area contributed by atoms with E-state index in [4.69, 9.17) is 4.74 Å². The van der Waals surface area contributed by atoms with Crippen LogP contribution < -0.4 is 10.1 Å². The Hall–Kier alpha value is -1.72. The van der Waals surface area contributed by atoms with E-state index >= 15 is 0 Å². The molecule has 19 heavy (non-hydrogen) atoms. The van der Waals surface area contributed by atoms with E-state index in [1.54, 1.807) is 0 Å². The summed E-state index contributed by atoms with van der Waals surface area (Å²) in [5.41, 5.74) is -1.58. The summed E-state index contributed by atoms with van der Waals surface area (Å²) >= 11 is 0. The van der Waals surface area contributed by atoms with Crippen LogP contribution in [0.4, 0.5) is 18.9 Å². The van der Waals surface area contributed by atoms with Gasteiger partial charge in [-0.25, -0.2) is 0 Å². The summed E-state index contributed by atoms with van der Waals surface area (Å²) in [7, 11) is 0. The van der Waals surface area contributed by atoms with Crippen molar-refractivity contribution < 1.29 is 22.7 Å². The number of nitrogens with one attached hydrogen (secondary N) is 1. The number of hydrogen-bond acceptors (Lipinski definition) is 2. The molecule has 1 aliphatic carbocycles. The molecule has 1 aliphatic heterocycles. The molecule has 1 fully saturated rings. The lowest BCUT2D eigenvalue weighted by Gasteiger charge is -2.34. The molecule has 0 aromatic heterocycles. The van der Waals surface area contributed by atoms with Gasteiger partial charge in [0, 0.05) is 0 Å². The number of fused-ring (bicyclic) bond motifs is 1. The molecule has 2 aliphatic rings. The zero-order chi connectivity index (χ0) is 13.7. The average molecular weight is 271 g/mol. The lowest BCUT2D eigenvalue weighted by Crippen LogP contribution is -2.48. The molecule has 0 saturated heterocycles. The minimum atomic E-state index is -4.43. The van der Waals surface area contributed by atoms with Gasteiger partial charge in [0.2, 0.25) is 0 Å². The normalized spacial score (nSPS) is 20.9. The maximum atomic E-state index is 12.6. The molecule has 3 rings (SSSR count). The molecular weight excluding hydrogens is 259 g/mol. The number of benzene rings is 1. The van der Waals surface area contributed by atoms with Crippen molar-refractivity contribution in [2.75, 3.05) is 5.32 Å². The van der Waals surface area contributed by atoms with Gasteiger partial charge in [-0.3, -0.25) is 4.79 Å². The van der Waals surface area contributed by atoms with E-state index in [1.807, 2.05) is 0 Å². The fourth-order valence-electron chi connectivity index (χ4n) is 2.66. The number of carbonyl (C=O) groups is 1. The van der Waals surface area contributed by atoms with Crippen LogP contribution in [0.25, 0.3) is 0 Å². The van der Waals surface area contributed by atoms with E-state index < -0.39 is 17.3 Å². The summed E-state index contributed by atoms with van der Waals surface area (Å²) in [6.07, 6.45) is -1.42. The second kappa shape index (κ2) is 3.88. The first-order chi connectivity index (χ1) is 8.91. The maximum absolute atomic E-state index is 12.6. The smallest absolute Gasteiger partial charge is 0.416 e. The van der Waals surface area contributed by atoms with E-state index in [-0.39, 0.29) is 11.6 Å². The maximum Gasteiger partial charge on any atom is 0.416 e. The molecule has 1 saturated carbocycles. The Balaban J connectivity index is 1.97. The van der Waals surface area contributed by atoms with Crippen LogP contribution in [0.5, 0.6) is 5.75 Å². The fourth-order valence-corrected chi connectivity index (χ4v) is 2.66. The highest BCUT2D eigenvalue weighted by Gasteiger charge is 2.47. The Morgan fingerprint density at radius 2 is 1.89 bits per heavy atom. The highest BCUT2D eigenvalue weighted by atomic mass is 19.4. The monoisotopic (exact) mass is 271 g/mol. The van der Waals surface area contributed by atoms with Gasteiger partial charge in [0.15, 0.2) is 5.60 Å². The van der Waals surface area contributed by atoms with Crippen LogP contribution in [0.1, 0.15) is 31.2 Å². The van der Waals surface area contributed by atoms with Gasteiger partial charge in [-0.15, -0.1) is 0 Å². The van der Waals surface area contributed by atoms with Gasteiger partial charge in [0.05, 0.1) is 11.3 Å². The molecule has 0 bridgehead atoms. The third-order valence-corrected chi connectivity index (χ3v) is 3.69. The van der Waals surface area contributed by atoms with Crippen LogP contribution in [-0.4, -0.2) is 11.5 Å². The van der Waals surface area contributed by atoms with E-state index in [2.05, 4.69) is 5.32 Å². The van der Waals surface area contributed by atoms with Crippen LogP contribution in [0.3, 0.4) is 0 Å². The van der Waals surface area contributed by atoms with Crippen LogP contribution in [0.2, 0.25) is 0 Å². The minimum Gasteiger partial charge on any atom is -0.475 e. The number of alkyl halides is 3. The van der Waals surface area contributed by atoms with E-state index in [1.165, 1.54) is 6.07 Å². The molecule has 1 amide bonds. The number of ether oxygens (including phenoxy) is 1. The molecule has 3 nitrogen and oxygen atoms in total. The third kappa shape index (κ3) is 1.95. The second-order valence-electron chi connectivity index (χ2n) is 4.97. The van der Waals surface area contributed by atoms with Crippen molar-refractivity contribution in [2.45, 2.75) is 37.5 Å². The molecule has 0 radical (unpaired) electrons. The largest absolute Gasteiger partial charge is 0.475 e. The van der Waals surface area contributed by atoms with Crippen molar-refractivity contribution in [2.24, 2.45) is 0 Å². The lowest BCUT2D eigenvalue weighted by atomic mass is 9.98. The van der Waals surface area contributed by atoms with Crippen LogP contribution in [0.15, 0.2) is 18.2 Å². The summed E-state index contributed by atoms with van der Waals surface area (Å²) in [5.74, 6) is -0.0219. The van der Waals surface area contributed by atoms with Crippen molar-refractivity contribution in [3.63, 3.8) is 0 Å². The average Bonchev–Trinajstić information content (AvgIpc) is 2.78. The standard InChI is InChI=1S/C13H12F3NO2/c14-13(15,16)8-3-4-10-9(7-8)17-11(18)12(19-10)5-1-2-6-12/h3-4,7H,1-2,5-6H2,(H,17,18). The van der Waals surface area contributed by atoms with E-state index in [0.29, 0.717) is 18.6 Å². The van der Waals surface area contributed by atoms with Gasteiger partial charge in [0.1, 0.15) is 5.75 Å². The van der Waals surface area contributed by atoms with Gasteiger partial charge in [-0.05, 0) is 43.9 Å².